The Morgan fingerprint density at radius 2 is 2.05 bits per heavy atom. The lowest BCUT2D eigenvalue weighted by atomic mass is 9.78. The monoisotopic (exact) mass is 262 g/mol. The van der Waals surface area contributed by atoms with Gasteiger partial charge in [0.25, 0.3) is 5.91 Å². The highest BCUT2D eigenvalue weighted by Crippen LogP contribution is 2.36. The van der Waals surface area contributed by atoms with E-state index in [0.717, 1.165) is 19.4 Å². The summed E-state index contributed by atoms with van der Waals surface area (Å²) in [5, 5.41) is 4.08. The lowest BCUT2D eigenvalue weighted by Gasteiger charge is -2.44. The van der Waals surface area contributed by atoms with Gasteiger partial charge < -0.3 is 10.6 Å². The lowest BCUT2D eigenvalue weighted by Crippen LogP contribution is -2.49. The van der Waals surface area contributed by atoms with Gasteiger partial charge in [0, 0.05) is 19.6 Å². The third-order valence-electron chi connectivity index (χ3n) is 4.72. The number of piperidine rings is 1. The standard InChI is InChI=1S/C14H22N4O/c1-17-13(15)11(9-16-17)14(19)18-8-4-6-10-5-2-3-7-12(10)18/h9-10,12H,2-8,15H2,1H3/t10-,12-/m1/s1. The number of fused-ring (bicyclic) bond motifs is 1. The van der Waals surface area contributed by atoms with E-state index >= 15 is 0 Å². The number of aryl methyl sites for hydroxylation is 1. The highest BCUT2D eigenvalue weighted by atomic mass is 16.2. The Balaban J connectivity index is 1.84. The fourth-order valence-corrected chi connectivity index (χ4v) is 3.64. The van der Waals surface area contributed by atoms with Gasteiger partial charge in [0.1, 0.15) is 11.4 Å². The zero-order valence-corrected chi connectivity index (χ0v) is 11.5. The molecule has 2 fully saturated rings. The van der Waals surface area contributed by atoms with Crippen molar-refractivity contribution in [2.45, 2.75) is 44.6 Å². The van der Waals surface area contributed by atoms with Crippen LogP contribution >= 0.6 is 0 Å². The molecule has 1 aliphatic heterocycles. The molecule has 1 aliphatic carbocycles. The molecule has 19 heavy (non-hydrogen) atoms. The number of nitrogen functional groups attached to an aromatic ring is 1. The first-order chi connectivity index (χ1) is 9.18. The van der Waals surface area contributed by atoms with Crippen LogP contribution in [-0.4, -0.2) is 33.2 Å². The minimum atomic E-state index is 0.0715. The van der Waals surface area contributed by atoms with E-state index in [1.165, 1.54) is 25.7 Å². The second-order valence-electron chi connectivity index (χ2n) is 5.82. The largest absolute Gasteiger partial charge is 0.383 e. The first-order valence-corrected chi connectivity index (χ1v) is 7.27. The summed E-state index contributed by atoms with van der Waals surface area (Å²) in [5.41, 5.74) is 6.49. The van der Waals surface area contributed by atoms with Crippen molar-refractivity contribution < 1.29 is 4.79 Å². The number of carbonyl (C=O) groups excluding carboxylic acids is 1. The quantitative estimate of drug-likeness (QED) is 0.839. The third-order valence-corrected chi connectivity index (χ3v) is 4.72. The van der Waals surface area contributed by atoms with Gasteiger partial charge in [0.05, 0.1) is 6.20 Å². The lowest BCUT2D eigenvalue weighted by molar-refractivity contribution is 0.0391. The van der Waals surface area contributed by atoms with Crippen molar-refractivity contribution >= 4 is 11.7 Å². The van der Waals surface area contributed by atoms with E-state index in [0.29, 0.717) is 23.3 Å². The Kier molecular flexibility index (Phi) is 3.21. The van der Waals surface area contributed by atoms with E-state index in [1.54, 1.807) is 17.9 Å². The van der Waals surface area contributed by atoms with Crippen LogP contribution in [0.25, 0.3) is 0 Å². The van der Waals surface area contributed by atoms with Crippen LogP contribution in [0, 0.1) is 5.92 Å². The topological polar surface area (TPSA) is 64.2 Å². The number of carbonyl (C=O) groups is 1. The molecule has 1 aromatic rings. The van der Waals surface area contributed by atoms with Crippen LogP contribution in [-0.2, 0) is 7.05 Å². The average molecular weight is 262 g/mol. The maximum absolute atomic E-state index is 12.7. The van der Waals surface area contributed by atoms with E-state index < -0.39 is 0 Å². The number of nitrogens with zero attached hydrogens (tertiary/aromatic N) is 3. The van der Waals surface area contributed by atoms with Crippen LogP contribution in [0.4, 0.5) is 5.82 Å². The fourth-order valence-electron chi connectivity index (χ4n) is 3.64. The van der Waals surface area contributed by atoms with E-state index in [2.05, 4.69) is 10.00 Å². The number of aromatic nitrogens is 2. The van der Waals surface area contributed by atoms with E-state index in [1.807, 2.05) is 0 Å². The average Bonchev–Trinajstić information content (AvgIpc) is 2.78. The summed E-state index contributed by atoms with van der Waals surface area (Å²) in [5.74, 6) is 1.24. The van der Waals surface area contributed by atoms with Gasteiger partial charge in [0.15, 0.2) is 0 Å². The minimum Gasteiger partial charge on any atom is -0.383 e. The minimum absolute atomic E-state index is 0.0715. The van der Waals surface area contributed by atoms with Crippen molar-refractivity contribution in [3.63, 3.8) is 0 Å². The first kappa shape index (κ1) is 12.5. The van der Waals surface area contributed by atoms with Gasteiger partial charge in [-0.25, -0.2) is 0 Å². The summed E-state index contributed by atoms with van der Waals surface area (Å²) < 4.78 is 1.57. The molecule has 5 heteroatoms. The van der Waals surface area contributed by atoms with E-state index in [4.69, 9.17) is 5.73 Å². The summed E-state index contributed by atoms with van der Waals surface area (Å²) >= 11 is 0. The van der Waals surface area contributed by atoms with Crippen LogP contribution in [0.15, 0.2) is 6.20 Å². The summed E-state index contributed by atoms with van der Waals surface area (Å²) in [7, 11) is 1.77. The Morgan fingerprint density at radius 3 is 2.79 bits per heavy atom. The Morgan fingerprint density at radius 1 is 1.32 bits per heavy atom. The van der Waals surface area contributed by atoms with Gasteiger partial charge in [-0.2, -0.15) is 5.10 Å². The second kappa shape index (κ2) is 4.87. The molecule has 104 valence electrons. The Hall–Kier alpha value is -1.52. The molecule has 2 atom stereocenters. The molecule has 1 saturated carbocycles. The molecule has 2 heterocycles. The molecule has 0 radical (unpaired) electrons. The molecule has 2 N–H and O–H groups in total. The Labute approximate surface area is 113 Å². The number of amides is 1. The van der Waals surface area contributed by atoms with E-state index in [-0.39, 0.29) is 5.91 Å². The molecule has 0 aromatic carbocycles. The third kappa shape index (κ3) is 2.11. The van der Waals surface area contributed by atoms with Gasteiger partial charge in [-0.3, -0.25) is 9.48 Å². The van der Waals surface area contributed by atoms with Gasteiger partial charge in [-0.05, 0) is 31.6 Å². The normalized spacial score (nSPS) is 27.1. The van der Waals surface area contributed by atoms with Crippen molar-refractivity contribution in [1.29, 1.82) is 0 Å². The van der Waals surface area contributed by atoms with Crippen molar-refractivity contribution in [2.75, 3.05) is 12.3 Å². The number of hydrogen-bond donors (Lipinski definition) is 1. The molecule has 0 bridgehead atoms. The molecular weight excluding hydrogens is 240 g/mol. The number of nitrogens with two attached hydrogens (primary N) is 1. The number of hydrogen-bond acceptors (Lipinski definition) is 3. The summed E-state index contributed by atoms with van der Waals surface area (Å²) in [6.45, 7) is 0.869. The predicted molar refractivity (Wildman–Crippen MR) is 73.6 cm³/mol. The Bertz CT molecular complexity index is 480. The zero-order chi connectivity index (χ0) is 13.4. The number of rotatable bonds is 1. The molecule has 0 unspecified atom stereocenters. The maximum atomic E-state index is 12.7. The zero-order valence-electron chi connectivity index (χ0n) is 11.5. The molecule has 1 aromatic heterocycles. The molecule has 1 saturated heterocycles. The smallest absolute Gasteiger partial charge is 0.259 e. The highest BCUT2D eigenvalue weighted by Gasteiger charge is 2.36. The molecule has 5 nitrogen and oxygen atoms in total. The van der Waals surface area contributed by atoms with Gasteiger partial charge in [0.2, 0.25) is 0 Å². The summed E-state index contributed by atoms with van der Waals surface area (Å²) in [6, 6.07) is 0.426. The van der Waals surface area contributed by atoms with Crippen molar-refractivity contribution in [3.05, 3.63) is 11.8 Å². The first-order valence-electron chi connectivity index (χ1n) is 7.27. The number of anilines is 1. The SMILES string of the molecule is Cn1ncc(C(=O)N2CCC[C@H]3CCCC[C@H]32)c1N. The van der Waals surface area contributed by atoms with Crippen LogP contribution in [0.5, 0.6) is 0 Å². The predicted octanol–water partition coefficient (Wildman–Crippen LogP) is 1.80. The maximum Gasteiger partial charge on any atom is 0.259 e. The van der Waals surface area contributed by atoms with Crippen molar-refractivity contribution in [2.24, 2.45) is 13.0 Å². The van der Waals surface area contributed by atoms with Crippen molar-refractivity contribution in [1.82, 2.24) is 14.7 Å². The van der Waals surface area contributed by atoms with Crippen molar-refractivity contribution in [3.8, 4) is 0 Å². The van der Waals surface area contributed by atoms with Crippen LogP contribution in [0.2, 0.25) is 0 Å². The molecule has 1 amide bonds. The molecule has 2 aliphatic rings. The van der Waals surface area contributed by atoms with Crippen LogP contribution < -0.4 is 5.73 Å². The summed E-state index contributed by atoms with van der Waals surface area (Å²) in [4.78, 5) is 14.7. The highest BCUT2D eigenvalue weighted by molar-refractivity contribution is 5.98. The summed E-state index contributed by atoms with van der Waals surface area (Å²) in [6.07, 6.45) is 8.98. The molecule has 0 spiro atoms. The van der Waals surface area contributed by atoms with Crippen LogP contribution in [0.3, 0.4) is 0 Å². The molecule has 3 rings (SSSR count). The number of likely N-dealkylation sites (tertiary alicyclic amines) is 1. The second-order valence-corrected chi connectivity index (χ2v) is 5.82. The van der Waals surface area contributed by atoms with Gasteiger partial charge in [-0.1, -0.05) is 12.8 Å². The fraction of sp³-hybridized carbons (Fsp3) is 0.714. The molecular formula is C14H22N4O. The van der Waals surface area contributed by atoms with E-state index in [9.17, 15) is 4.79 Å². The van der Waals surface area contributed by atoms with Gasteiger partial charge >= 0.3 is 0 Å². The van der Waals surface area contributed by atoms with Crippen LogP contribution in [0.1, 0.15) is 48.9 Å². The van der Waals surface area contributed by atoms with Gasteiger partial charge in [-0.15, -0.1) is 0 Å².